The van der Waals surface area contributed by atoms with Crippen molar-refractivity contribution in [2.45, 2.75) is 43.5 Å². The van der Waals surface area contributed by atoms with Crippen LogP contribution in [-0.2, 0) is 9.53 Å². The Hall–Kier alpha value is -0.650. The molecule has 0 bridgehead atoms. The van der Waals surface area contributed by atoms with Crippen molar-refractivity contribution >= 4 is 27.5 Å². The fraction of sp³-hybridized carbons (Fsp3) is 0.611. The largest absolute Gasteiger partial charge is 0.370 e. The lowest BCUT2D eigenvalue weighted by atomic mass is 10.1. The van der Waals surface area contributed by atoms with Crippen LogP contribution in [0.25, 0.3) is 0 Å². The van der Waals surface area contributed by atoms with E-state index in [-0.39, 0.29) is 6.10 Å². The molecular formula is C18H25NO2S2. The Bertz CT molecular complexity index is 491. The topological polar surface area (TPSA) is 29.5 Å². The van der Waals surface area contributed by atoms with E-state index in [9.17, 15) is 4.79 Å². The second-order valence-electron chi connectivity index (χ2n) is 6.18. The molecular weight excluding hydrogens is 326 g/mol. The van der Waals surface area contributed by atoms with E-state index < -0.39 is 0 Å². The van der Waals surface area contributed by atoms with E-state index in [1.165, 1.54) is 30.6 Å². The summed E-state index contributed by atoms with van der Waals surface area (Å²) < 4.78 is 5.84. The third kappa shape index (κ3) is 5.16. The Morgan fingerprint density at radius 2 is 2.13 bits per heavy atom. The Morgan fingerprint density at radius 3 is 2.91 bits per heavy atom. The molecule has 0 saturated carbocycles. The highest BCUT2D eigenvalue weighted by Gasteiger charge is 2.25. The number of rotatable bonds is 6. The third-order valence-corrected chi connectivity index (χ3v) is 7.49. The number of unbranched alkanes of at least 4 members (excludes halogenated alkanes) is 1. The van der Waals surface area contributed by atoms with Crippen LogP contribution in [0.5, 0.6) is 0 Å². The van der Waals surface area contributed by atoms with Crippen molar-refractivity contribution in [3.05, 3.63) is 35.9 Å². The van der Waals surface area contributed by atoms with E-state index in [0.29, 0.717) is 25.5 Å². The first kappa shape index (κ1) is 17.2. The van der Waals surface area contributed by atoms with Crippen LogP contribution in [0.2, 0.25) is 0 Å². The number of nitrogens with zero attached hydrogens (tertiary/aromatic N) is 1. The van der Waals surface area contributed by atoms with Crippen LogP contribution >= 0.6 is 21.6 Å². The van der Waals surface area contributed by atoms with Crippen molar-refractivity contribution in [1.29, 1.82) is 0 Å². The van der Waals surface area contributed by atoms with Gasteiger partial charge in [-0.1, -0.05) is 58.3 Å². The minimum Gasteiger partial charge on any atom is -0.370 e. The van der Waals surface area contributed by atoms with E-state index in [4.69, 9.17) is 4.74 Å². The van der Waals surface area contributed by atoms with Gasteiger partial charge in [0.1, 0.15) is 6.10 Å². The number of morpholine rings is 1. The van der Waals surface area contributed by atoms with Crippen molar-refractivity contribution in [2.75, 3.05) is 25.4 Å². The fourth-order valence-corrected chi connectivity index (χ4v) is 6.14. The van der Waals surface area contributed by atoms with Gasteiger partial charge in [0.2, 0.25) is 5.91 Å². The first-order valence-electron chi connectivity index (χ1n) is 8.55. The van der Waals surface area contributed by atoms with Gasteiger partial charge in [0.15, 0.2) is 0 Å². The highest BCUT2D eigenvalue weighted by atomic mass is 33.1. The SMILES string of the molecule is O=C(CCCC[C@H]1CCSS1)N1CCO[C@@H](c2ccccc2)C1. The van der Waals surface area contributed by atoms with E-state index in [1.807, 2.05) is 44.7 Å². The molecule has 1 aromatic rings. The van der Waals surface area contributed by atoms with Gasteiger partial charge in [-0.25, -0.2) is 0 Å². The minimum atomic E-state index is 0.0285. The first-order valence-corrected chi connectivity index (χ1v) is 10.9. The number of carbonyl (C=O) groups is 1. The van der Waals surface area contributed by atoms with Crippen molar-refractivity contribution in [2.24, 2.45) is 0 Å². The van der Waals surface area contributed by atoms with Gasteiger partial charge in [0, 0.05) is 24.0 Å². The van der Waals surface area contributed by atoms with Crippen LogP contribution < -0.4 is 0 Å². The lowest BCUT2D eigenvalue weighted by molar-refractivity contribution is -0.139. The van der Waals surface area contributed by atoms with Gasteiger partial charge in [0.05, 0.1) is 13.2 Å². The van der Waals surface area contributed by atoms with Crippen molar-refractivity contribution < 1.29 is 9.53 Å². The molecule has 0 N–H and O–H groups in total. The van der Waals surface area contributed by atoms with Crippen LogP contribution in [0.15, 0.2) is 30.3 Å². The first-order chi connectivity index (χ1) is 11.3. The zero-order valence-electron chi connectivity index (χ0n) is 13.5. The molecule has 0 unspecified atom stereocenters. The summed E-state index contributed by atoms with van der Waals surface area (Å²) in [4.78, 5) is 14.4. The third-order valence-electron chi connectivity index (χ3n) is 4.48. The summed E-state index contributed by atoms with van der Waals surface area (Å²) in [5, 5.41) is 0.820. The maximum Gasteiger partial charge on any atom is 0.222 e. The molecule has 1 amide bonds. The fourth-order valence-electron chi connectivity index (χ4n) is 3.12. The minimum absolute atomic E-state index is 0.0285. The number of carbonyl (C=O) groups excluding carboxylic acids is 1. The summed E-state index contributed by atoms with van der Waals surface area (Å²) in [5.74, 6) is 1.59. The van der Waals surface area contributed by atoms with E-state index in [0.717, 1.165) is 18.2 Å². The van der Waals surface area contributed by atoms with Gasteiger partial charge in [-0.05, 0) is 24.8 Å². The molecule has 2 saturated heterocycles. The molecule has 3 nitrogen and oxygen atoms in total. The lowest BCUT2D eigenvalue weighted by Crippen LogP contribution is -2.42. The van der Waals surface area contributed by atoms with Crippen LogP contribution in [0.4, 0.5) is 0 Å². The highest BCUT2D eigenvalue weighted by molar-refractivity contribution is 8.77. The Labute approximate surface area is 146 Å². The van der Waals surface area contributed by atoms with Gasteiger partial charge < -0.3 is 9.64 Å². The quantitative estimate of drug-likeness (QED) is 0.564. The summed E-state index contributed by atoms with van der Waals surface area (Å²) in [6, 6.07) is 10.2. The van der Waals surface area contributed by atoms with Gasteiger partial charge in [-0.15, -0.1) is 0 Å². The number of hydrogen-bond donors (Lipinski definition) is 0. The second-order valence-corrected chi connectivity index (χ2v) is 8.97. The van der Waals surface area contributed by atoms with Crippen molar-refractivity contribution in [3.63, 3.8) is 0 Å². The number of amides is 1. The summed E-state index contributed by atoms with van der Waals surface area (Å²) in [7, 11) is 4.03. The molecule has 2 aliphatic rings. The van der Waals surface area contributed by atoms with Gasteiger partial charge >= 0.3 is 0 Å². The molecule has 2 atom stereocenters. The molecule has 2 heterocycles. The zero-order chi connectivity index (χ0) is 15.9. The lowest BCUT2D eigenvalue weighted by Gasteiger charge is -2.33. The van der Waals surface area contributed by atoms with Crippen molar-refractivity contribution in [3.8, 4) is 0 Å². The van der Waals surface area contributed by atoms with Gasteiger partial charge in [0.25, 0.3) is 0 Å². The van der Waals surface area contributed by atoms with Gasteiger partial charge in [-0.3, -0.25) is 4.79 Å². The molecule has 3 rings (SSSR count). The molecule has 0 spiro atoms. The summed E-state index contributed by atoms with van der Waals surface area (Å²) in [6.45, 7) is 2.07. The number of benzene rings is 1. The molecule has 1 aromatic carbocycles. The summed E-state index contributed by atoms with van der Waals surface area (Å²) >= 11 is 0. The molecule has 2 aliphatic heterocycles. The monoisotopic (exact) mass is 351 g/mol. The van der Waals surface area contributed by atoms with Crippen LogP contribution in [-0.4, -0.2) is 41.5 Å². The van der Waals surface area contributed by atoms with E-state index in [1.54, 1.807) is 0 Å². The standard InChI is InChI=1S/C18H25NO2S2/c20-18(9-5-4-8-16-10-13-22-23-16)19-11-12-21-17(14-19)15-6-2-1-3-7-15/h1-3,6-7,16-17H,4-5,8-14H2/t16-,17+/m0/s1. The second kappa shape index (κ2) is 9.00. The van der Waals surface area contributed by atoms with Gasteiger partial charge in [-0.2, -0.15) is 0 Å². The Balaban J connectivity index is 1.40. The summed E-state index contributed by atoms with van der Waals surface area (Å²) in [5.41, 5.74) is 1.17. The highest BCUT2D eigenvalue weighted by Crippen LogP contribution is 2.39. The molecule has 0 aromatic heterocycles. The Kier molecular flexibility index (Phi) is 6.72. The van der Waals surface area contributed by atoms with Crippen LogP contribution in [0, 0.1) is 0 Å². The molecule has 2 fully saturated rings. The normalized spacial score (nSPS) is 24.8. The summed E-state index contributed by atoms with van der Waals surface area (Å²) in [6.07, 6.45) is 5.52. The Morgan fingerprint density at radius 1 is 1.26 bits per heavy atom. The maximum atomic E-state index is 12.4. The predicted molar refractivity (Wildman–Crippen MR) is 98.6 cm³/mol. The average molecular weight is 352 g/mol. The average Bonchev–Trinajstić information content (AvgIpc) is 3.13. The predicted octanol–water partition coefficient (Wildman–Crippen LogP) is 4.30. The smallest absolute Gasteiger partial charge is 0.222 e. The molecule has 0 aliphatic carbocycles. The van der Waals surface area contributed by atoms with Crippen molar-refractivity contribution in [1.82, 2.24) is 4.90 Å². The van der Waals surface area contributed by atoms with Crippen LogP contribution in [0.1, 0.15) is 43.8 Å². The molecule has 126 valence electrons. The molecule has 0 radical (unpaired) electrons. The van der Waals surface area contributed by atoms with Crippen LogP contribution in [0.3, 0.4) is 0 Å². The number of ether oxygens (including phenoxy) is 1. The molecule has 23 heavy (non-hydrogen) atoms. The maximum absolute atomic E-state index is 12.4. The van der Waals surface area contributed by atoms with E-state index >= 15 is 0 Å². The number of hydrogen-bond acceptors (Lipinski definition) is 4. The molecule has 5 heteroatoms. The van der Waals surface area contributed by atoms with E-state index in [2.05, 4.69) is 12.1 Å². The zero-order valence-corrected chi connectivity index (χ0v) is 15.1.